The zero-order valence-electron chi connectivity index (χ0n) is 21.2. The van der Waals surface area contributed by atoms with Crippen LogP contribution in [0.25, 0.3) is 0 Å². The Hall–Kier alpha value is -4.25. The molecule has 11 heteroatoms. The highest BCUT2D eigenvalue weighted by atomic mass is 32.2. The van der Waals surface area contributed by atoms with E-state index in [9.17, 15) is 28.1 Å². The van der Waals surface area contributed by atoms with E-state index in [1.807, 2.05) is 30.3 Å². The number of amides is 2. The molecule has 0 saturated heterocycles. The van der Waals surface area contributed by atoms with E-state index in [2.05, 4.69) is 5.32 Å². The van der Waals surface area contributed by atoms with Gasteiger partial charge in [-0.25, -0.2) is 8.42 Å². The molecular weight excluding hydrogens is 508 g/mol. The average Bonchev–Trinajstić information content (AvgIpc) is 2.94. The molecule has 0 heterocycles. The normalized spacial score (nSPS) is 11.8. The molecule has 0 bridgehead atoms. The van der Waals surface area contributed by atoms with Gasteiger partial charge in [-0.15, -0.1) is 0 Å². The lowest BCUT2D eigenvalue weighted by Crippen LogP contribution is -2.52. The Morgan fingerprint density at radius 2 is 1.53 bits per heavy atom. The van der Waals surface area contributed by atoms with Gasteiger partial charge < -0.3 is 10.2 Å². The minimum atomic E-state index is -4.23. The minimum Gasteiger partial charge on any atom is -0.357 e. The van der Waals surface area contributed by atoms with Gasteiger partial charge in [0.15, 0.2) is 0 Å². The van der Waals surface area contributed by atoms with Gasteiger partial charge in [0.1, 0.15) is 12.6 Å². The molecule has 0 aliphatic rings. The van der Waals surface area contributed by atoms with E-state index in [0.717, 1.165) is 9.87 Å². The fourth-order valence-corrected chi connectivity index (χ4v) is 5.49. The van der Waals surface area contributed by atoms with Crippen LogP contribution in [0.3, 0.4) is 0 Å². The second kappa shape index (κ2) is 12.8. The Balaban J connectivity index is 2.01. The number of anilines is 1. The molecule has 200 valence electrons. The van der Waals surface area contributed by atoms with Crippen molar-refractivity contribution in [3.8, 4) is 0 Å². The highest BCUT2D eigenvalue weighted by Crippen LogP contribution is 2.26. The molecule has 1 N–H and O–H groups in total. The Kier molecular flexibility index (Phi) is 9.55. The smallest absolute Gasteiger partial charge is 0.269 e. The van der Waals surface area contributed by atoms with Crippen molar-refractivity contribution in [2.75, 3.05) is 24.4 Å². The first kappa shape index (κ1) is 28.3. The zero-order chi connectivity index (χ0) is 27.7. The van der Waals surface area contributed by atoms with E-state index in [0.29, 0.717) is 12.8 Å². The SMILES string of the molecule is CC[C@@H](C(=O)NC)N(CCc1ccccc1)C(=O)CN(c1ccc([N+](=O)[O-])cc1)S(=O)(=O)c1ccccc1. The Morgan fingerprint density at radius 1 is 0.947 bits per heavy atom. The molecule has 0 fully saturated rings. The largest absolute Gasteiger partial charge is 0.357 e. The van der Waals surface area contributed by atoms with Crippen molar-refractivity contribution < 1.29 is 22.9 Å². The monoisotopic (exact) mass is 538 g/mol. The standard InChI is InChI=1S/C27H30N4O6S/c1-3-25(27(33)28-2)29(19-18-21-10-6-4-7-11-21)26(32)20-30(22-14-16-23(17-15-22)31(34)35)38(36,37)24-12-8-5-9-13-24/h4-17,25H,3,18-20H2,1-2H3,(H,28,33)/t25-/m0/s1. The topological polar surface area (TPSA) is 130 Å². The van der Waals surface area contributed by atoms with Gasteiger partial charge in [0.05, 0.1) is 15.5 Å². The van der Waals surface area contributed by atoms with Crippen LogP contribution >= 0.6 is 0 Å². The number of nitrogens with zero attached hydrogens (tertiary/aromatic N) is 3. The van der Waals surface area contributed by atoms with Crippen molar-refractivity contribution in [3.05, 3.63) is 101 Å². The summed E-state index contributed by atoms with van der Waals surface area (Å²) in [7, 11) is -2.75. The maximum Gasteiger partial charge on any atom is 0.269 e. The third kappa shape index (κ3) is 6.74. The molecular formula is C27H30N4O6S. The molecule has 0 saturated carbocycles. The Bertz CT molecular complexity index is 1350. The van der Waals surface area contributed by atoms with Gasteiger partial charge in [0, 0.05) is 25.7 Å². The summed E-state index contributed by atoms with van der Waals surface area (Å²) < 4.78 is 28.2. The second-order valence-electron chi connectivity index (χ2n) is 8.46. The van der Waals surface area contributed by atoms with Gasteiger partial charge >= 0.3 is 0 Å². The first-order valence-corrected chi connectivity index (χ1v) is 13.5. The van der Waals surface area contributed by atoms with Crippen molar-refractivity contribution in [2.24, 2.45) is 0 Å². The minimum absolute atomic E-state index is 0.0414. The lowest BCUT2D eigenvalue weighted by molar-refractivity contribution is -0.384. The van der Waals surface area contributed by atoms with Gasteiger partial charge in [-0.05, 0) is 42.7 Å². The number of likely N-dealkylation sites (N-methyl/N-ethyl adjacent to an activating group) is 1. The molecule has 0 spiro atoms. The summed E-state index contributed by atoms with van der Waals surface area (Å²) in [6.07, 6.45) is 0.784. The number of hydrogen-bond acceptors (Lipinski definition) is 6. The van der Waals surface area contributed by atoms with E-state index >= 15 is 0 Å². The predicted octanol–water partition coefficient (Wildman–Crippen LogP) is 3.39. The Morgan fingerprint density at radius 3 is 2.05 bits per heavy atom. The van der Waals surface area contributed by atoms with E-state index in [-0.39, 0.29) is 28.7 Å². The molecule has 38 heavy (non-hydrogen) atoms. The number of benzene rings is 3. The predicted molar refractivity (Wildman–Crippen MR) is 144 cm³/mol. The van der Waals surface area contributed by atoms with E-state index in [1.165, 1.54) is 48.3 Å². The van der Waals surface area contributed by atoms with Crippen LogP contribution in [0.4, 0.5) is 11.4 Å². The van der Waals surface area contributed by atoms with Crippen LogP contribution in [0.1, 0.15) is 18.9 Å². The molecule has 10 nitrogen and oxygen atoms in total. The lowest BCUT2D eigenvalue weighted by atomic mass is 10.1. The summed E-state index contributed by atoms with van der Waals surface area (Å²) in [4.78, 5) is 38.3. The molecule has 0 aromatic heterocycles. The van der Waals surface area contributed by atoms with Gasteiger partial charge in [-0.2, -0.15) is 0 Å². The maximum absolute atomic E-state index is 13.8. The summed E-state index contributed by atoms with van der Waals surface area (Å²) in [6.45, 7) is 1.36. The quantitative estimate of drug-likeness (QED) is 0.278. The molecule has 2 amide bonds. The van der Waals surface area contributed by atoms with Crippen LogP contribution in [0.15, 0.2) is 89.8 Å². The van der Waals surface area contributed by atoms with Gasteiger partial charge in [-0.1, -0.05) is 55.5 Å². The zero-order valence-corrected chi connectivity index (χ0v) is 22.0. The summed E-state index contributed by atoms with van der Waals surface area (Å²) in [6, 6.07) is 21.2. The Labute approximate surface area is 222 Å². The third-order valence-corrected chi connectivity index (χ3v) is 7.86. The molecule has 3 rings (SSSR count). The van der Waals surface area contributed by atoms with Crippen LogP contribution in [0, 0.1) is 10.1 Å². The van der Waals surface area contributed by atoms with Crippen molar-refractivity contribution in [1.29, 1.82) is 0 Å². The van der Waals surface area contributed by atoms with Crippen molar-refractivity contribution in [1.82, 2.24) is 10.2 Å². The molecule has 0 radical (unpaired) electrons. The van der Waals surface area contributed by atoms with Gasteiger partial charge in [0.2, 0.25) is 11.8 Å². The molecule has 0 unspecified atom stereocenters. The van der Waals surface area contributed by atoms with Crippen LogP contribution in [0.2, 0.25) is 0 Å². The summed E-state index contributed by atoms with van der Waals surface area (Å²) in [5.74, 6) is -0.934. The lowest BCUT2D eigenvalue weighted by Gasteiger charge is -2.33. The fourth-order valence-electron chi connectivity index (χ4n) is 4.05. The molecule has 1 atom stereocenters. The van der Waals surface area contributed by atoms with Crippen molar-refractivity contribution >= 4 is 33.2 Å². The number of nitro benzene ring substituents is 1. The van der Waals surface area contributed by atoms with E-state index in [1.54, 1.807) is 25.1 Å². The van der Waals surface area contributed by atoms with Gasteiger partial charge in [-0.3, -0.25) is 24.0 Å². The van der Waals surface area contributed by atoms with Gasteiger partial charge in [0.25, 0.3) is 15.7 Å². The highest BCUT2D eigenvalue weighted by Gasteiger charge is 2.33. The van der Waals surface area contributed by atoms with Crippen LogP contribution < -0.4 is 9.62 Å². The number of nitrogens with one attached hydrogen (secondary N) is 1. The third-order valence-electron chi connectivity index (χ3n) is 6.08. The summed E-state index contributed by atoms with van der Waals surface area (Å²) >= 11 is 0. The summed E-state index contributed by atoms with van der Waals surface area (Å²) in [5, 5.41) is 13.7. The molecule has 3 aromatic rings. The first-order valence-electron chi connectivity index (χ1n) is 12.1. The number of non-ortho nitro benzene ring substituents is 1. The van der Waals surface area contributed by atoms with Crippen LogP contribution in [-0.4, -0.2) is 56.2 Å². The fraction of sp³-hybridized carbons (Fsp3) is 0.259. The number of rotatable bonds is 12. The number of nitro groups is 1. The van der Waals surface area contributed by atoms with E-state index in [4.69, 9.17) is 0 Å². The number of carbonyl (C=O) groups is 2. The maximum atomic E-state index is 13.8. The van der Waals surface area contributed by atoms with Crippen LogP contribution in [-0.2, 0) is 26.0 Å². The second-order valence-corrected chi connectivity index (χ2v) is 10.3. The summed E-state index contributed by atoms with van der Waals surface area (Å²) in [5.41, 5.74) is 0.831. The number of hydrogen-bond donors (Lipinski definition) is 1. The molecule has 0 aliphatic heterocycles. The van der Waals surface area contributed by atoms with Crippen LogP contribution in [0.5, 0.6) is 0 Å². The van der Waals surface area contributed by atoms with Crippen molar-refractivity contribution in [2.45, 2.75) is 30.7 Å². The number of carbonyl (C=O) groups excluding carboxylic acids is 2. The van der Waals surface area contributed by atoms with E-state index < -0.39 is 33.4 Å². The average molecular weight is 539 g/mol. The molecule has 3 aromatic carbocycles. The van der Waals surface area contributed by atoms with Crippen molar-refractivity contribution in [3.63, 3.8) is 0 Å². The highest BCUT2D eigenvalue weighted by molar-refractivity contribution is 7.92. The first-order chi connectivity index (χ1) is 18.2. The number of sulfonamides is 1. The molecule has 0 aliphatic carbocycles.